The van der Waals surface area contributed by atoms with Gasteiger partial charge in [0.05, 0.1) is 0 Å². The number of aromatic nitrogens is 2. The SMILES string of the molecule is CCCNc1cc(C2CC2)nc(-c2cc(C)ccc2C)n1. The van der Waals surface area contributed by atoms with Gasteiger partial charge in [0, 0.05) is 29.8 Å². The minimum atomic E-state index is 0.638. The Kier molecular flexibility index (Phi) is 3.91. The van der Waals surface area contributed by atoms with E-state index in [1.165, 1.54) is 29.7 Å². The van der Waals surface area contributed by atoms with Crippen LogP contribution in [0.25, 0.3) is 11.4 Å². The lowest BCUT2D eigenvalue weighted by Crippen LogP contribution is -2.05. The van der Waals surface area contributed by atoms with Crippen molar-refractivity contribution in [2.75, 3.05) is 11.9 Å². The molecule has 0 amide bonds. The lowest BCUT2D eigenvalue weighted by atomic mass is 10.0. The normalized spacial score (nSPS) is 14.2. The lowest BCUT2D eigenvalue weighted by molar-refractivity contribution is 0.947. The summed E-state index contributed by atoms with van der Waals surface area (Å²) < 4.78 is 0. The molecule has 1 aliphatic rings. The van der Waals surface area contributed by atoms with Crippen molar-refractivity contribution in [3.05, 3.63) is 41.1 Å². The van der Waals surface area contributed by atoms with E-state index in [4.69, 9.17) is 9.97 Å². The number of nitrogens with zero attached hydrogens (tertiary/aromatic N) is 2. The first kappa shape index (κ1) is 14.1. The van der Waals surface area contributed by atoms with Crippen molar-refractivity contribution in [2.24, 2.45) is 0 Å². The quantitative estimate of drug-likeness (QED) is 0.879. The molecule has 1 fully saturated rings. The predicted molar refractivity (Wildman–Crippen MR) is 87.7 cm³/mol. The summed E-state index contributed by atoms with van der Waals surface area (Å²) in [6, 6.07) is 8.60. The minimum absolute atomic E-state index is 0.638. The van der Waals surface area contributed by atoms with E-state index in [-0.39, 0.29) is 0 Å². The Morgan fingerprint density at radius 1 is 1.14 bits per heavy atom. The van der Waals surface area contributed by atoms with Crippen LogP contribution in [0, 0.1) is 13.8 Å². The Bertz CT molecular complexity index is 645. The monoisotopic (exact) mass is 281 g/mol. The van der Waals surface area contributed by atoms with Crippen molar-refractivity contribution in [3.8, 4) is 11.4 Å². The molecule has 0 bridgehead atoms. The Morgan fingerprint density at radius 3 is 2.67 bits per heavy atom. The molecule has 0 spiro atoms. The fraction of sp³-hybridized carbons (Fsp3) is 0.444. The predicted octanol–water partition coefficient (Wildman–Crippen LogP) is 4.46. The number of benzene rings is 1. The molecule has 3 heteroatoms. The number of hydrogen-bond donors (Lipinski definition) is 1. The summed E-state index contributed by atoms with van der Waals surface area (Å²) in [6.45, 7) is 7.36. The van der Waals surface area contributed by atoms with Gasteiger partial charge < -0.3 is 5.32 Å². The van der Waals surface area contributed by atoms with Gasteiger partial charge in [-0.05, 0) is 44.7 Å². The third kappa shape index (κ3) is 3.23. The van der Waals surface area contributed by atoms with E-state index in [1.54, 1.807) is 0 Å². The molecule has 1 aromatic heterocycles. The number of aryl methyl sites for hydroxylation is 2. The van der Waals surface area contributed by atoms with Crippen LogP contribution in [-0.2, 0) is 0 Å². The fourth-order valence-corrected chi connectivity index (χ4v) is 2.50. The maximum Gasteiger partial charge on any atom is 0.162 e. The van der Waals surface area contributed by atoms with Crippen molar-refractivity contribution in [3.63, 3.8) is 0 Å². The molecule has 1 N–H and O–H groups in total. The van der Waals surface area contributed by atoms with Crippen LogP contribution in [0.1, 0.15) is 48.9 Å². The first-order valence-corrected chi connectivity index (χ1v) is 7.88. The fourth-order valence-electron chi connectivity index (χ4n) is 2.50. The van der Waals surface area contributed by atoms with Gasteiger partial charge >= 0.3 is 0 Å². The van der Waals surface area contributed by atoms with Crippen molar-refractivity contribution in [1.29, 1.82) is 0 Å². The Balaban J connectivity index is 2.03. The molecule has 21 heavy (non-hydrogen) atoms. The average molecular weight is 281 g/mol. The van der Waals surface area contributed by atoms with Crippen molar-refractivity contribution < 1.29 is 0 Å². The zero-order chi connectivity index (χ0) is 14.8. The van der Waals surface area contributed by atoms with Crippen LogP contribution in [0.15, 0.2) is 24.3 Å². The van der Waals surface area contributed by atoms with E-state index in [2.05, 4.69) is 50.4 Å². The zero-order valence-electron chi connectivity index (χ0n) is 13.1. The van der Waals surface area contributed by atoms with Crippen molar-refractivity contribution >= 4 is 5.82 Å². The molecule has 0 unspecified atom stereocenters. The van der Waals surface area contributed by atoms with E-state index < -0.39 is 0 Å². The Morgan fingerprint density at radius 2 is 1.95 bits per heavy atom. The van der Waals surface area contributed by atoms with Gasteiger partial charge in [-0.25, -0.2) is 9.97 Å². The van der Waals surface area contributed by atoms with Crippen LogP contribution >= 0.6 is 0 Å². The zero-order valence-corrected chi connectivity index (χ0v) is 13.1. The minimum Gasteiger partial charge on any atom is -0.370 e. The third-order valence-electron chi connectivity index (χ3n) is 3.93. The molecule has 2 aromatic rings. The van der Waals surface area contributed by atoms with E-state index >= 15 is 0 Å². The van der Waals surface area contributed by atoms with Gasteiger partial charge in [0.15, 0.2) is 5.82 Å². The Labute approximate surface area is 126 Å². The van der Waals surface area contributed by atoms with E-state index in [0.717, 1.165) is 30.2 Å². The lowest BCUT2D eigenvalue weighted by Gasteiger charge is -2.11. The summed E-state index contributed by atoms with van der Waals surface area (Å²) >= 11 is 0. The van der Waals surface area contributed by atoms with Gasteiger partial charge in [0.1, 0.15) is 5.82 Å². The molecule has 1 aromatic carbocycles. The largest absolute Gasteiger partial charge is 0.370 e. The highest BCUT2D eigenvalue weighted by Crippen LogP contribution is 2.40. The van der Waals surface area contributed by atoms with Gasteiger partial charge in [-0.1, -0.05) is 24.6 Å². The summed E-state index contributed by atoms with van der Waals surface area (Å²) in [6.07, 6.45) is 3.62. The van der Waals surface area contributed by atoms with Gasteiger partial charge in [-0.15, -0.1) is 0 Å². The molecule has 0 saturated heterocycles. The number of nitrogens with one attached hydrogen (secondary N) is 1. The summed E-state index contributed by atoms with van der Waals surface area (Å²) in [5, 5.41) is 3.41. The molecule has 1 aliphatic carbocycles. The summed E-state index contributed by atoms with van der Waals surface area (Å²) in [5.41, 5.74) is 4.82. The van der Waals surface area contributed by atoms with Gasteiger partial charge in [-0.3, -0.25) is 0 Å². The first-order chi connectivity index (χ1) is 10.2. The molecule has 0 radical (unpaired) electrons. The van der Waals surface area contributed by atoms with Gasteiger partial charge in [0.2, 0.25) is 0 Å². The second kappa shape index (κ2) is 5.84. The smallest absolute Gasteiger partial charge is 0.162 e. The molecule has 1 heterocycles. The standard InChI is InChI=1S/C18H23N3/c1-4-9-19-17-11-16(14-7-8-14)20-18(21-17)15-10-12(2)5-6-13(15)3/h5-6,10-11,14H,4,7-9H2,1-3H3,(H,19,20,21). The van der Waals surface area contributed by atoms with E-state index in [0.29, 0.717) is 5.92 Å². The number of anilines is 1. The maximum absolute atomic E-state index is 4.82. The molecular formula is C18H23N3. The van der Waals surface area contributed by atoms with Gasteiger partial charge in [0.25, 0.3) is 0 Å². The van der Waals surface area contributed by atoms with Crippen LogP contribution in [0.3, 0.4) is 0 Å². The van der Waals surface area contributed by atoms with Gasteiger partial charge in [-0.2, -0.15) is 0 Å². The molecule has 0 aliphatic heterocycles. The van der Waals surface area contributed by atoms with E-state index in [1.807, 2.05) is 0 Å². The van der Waals surface area contributed by atoms with Crippen molar-refractivity contribution in [2.45, 2.75) is 46.0 Å². The highest BCUT2D eigenvalue weighted by Gasteiger charge is 2.26. The van der Waals surface area contributed by atoms with Crippen LogP contribution in [0.5, 0.6) is 0 Å². The molecule has 110 valence electrons. The molecule has 3 nitrogen and oxygen atoms in total. The van der Waals surface area contributed by atoms with Crippen LogP contribution in [0.2, 0.25) is 0 Å². The second-order valence-corrected chi connectivity index (χ2v) is 6.02. The highest BCUT2D eigenvalue weighted by molar-refractivity contribution is 5.63. The van der Waals surface area contributed by atoms with Crippen LogP contribution in [0.4, 0.5) is 5.82 Å². The molecule has 1 saturated carbocycles. The second-order valence-electron chi connectivity index (χ2n) is 6.02. The van der Waals surface area contributed by atoms with Crippen LogP contribution < -0.4 is 5.32 Å². The van der Waals surface area contributed by atoms with E-state index in [9.17, 15) is 0 Å². The third-order valence-corrected chi connectivity index (χ3v) is 3.93. The summed E-state index contributed by atoms with van der Waals surface area (Å²) in [4.78, 5) is 9.56. The first-order valence-electron chi connectivity index (χ1n) is 7.88. The highest BCUT2D eigenvalue weighted by atomic mass is 15.0. The molecule has 0 atom stereocenters. The van der Waals surface area contributed by atoms with Crippen molar-refractivity contribution in [1.82, 2.24) is 9.97 Å². The topological polar surface area (TPSA) is 37.8 Å². The Hall–Kier alpha value is -1.90. The number of rotatable bonds is 5. The van der Waals surface area contributed by atoms with Crippen LogP contribution in [-0.4, -0.2) is 16.5 Å². The number of hydrogen-bond acceptors (Lipinski definition) is 3. The summed E-state index contributed by atoms with van der Waals surface area (Å²) in [7, 11) is 0. The maximum atomic E-state index is 4.82. The summed E-state index contributed by atoms with van der Waals surface area (Å²) in [5.74, 6) is 2.46. The molecule has 3 rings (SSSR count). The molecular weight excluding hydrogens is 258 g/mol. The average Bonchev–Trinajstić information content (AvgIpc) is 3.32.